The molecule has 1 aromatic heterocycles. The first-order chi connectivity index (χ1) is 13.7. The third kappa shape index (κ3) is 3.81. The van der Waals surface area contributed by atoms with Crippen LogP contribution in [0.15, 0.2) is 90.0 Å². The molecule has 1 heterocycles. The van der Waals surface area contributed by atoms with Gasteiger partial charge in [-0.3, -0.25) is 4.79 Å². The van der Waals surface area contributed by atoms with Crippen LogP contribution in [0.2, 0.25) is 0 Å². The molecule has 0 fully saturated rings. The van der Waals surface area contributed by atoms with Gasteiger partial charge in [-0.2, -0.15) is 5.10 Å². The van der Waals surface area contributed by atoms with Crippen molar-refractivity contribution < 1.29 is 4.79 Å². The summed E-state index contributed by atoms with van der Waals surface area (Å²) in [6.07, 6.45) is 1.64. The van der Waals surface area contributed by atoms with Crippen LogP contribution in [-0.2, 0) is 0 Å². The highest BCUT2D eigenvalue weighted by molar-refractivity contribution is 6.07. The van der Waals surface area contributed by atoms with Gasteiger partial charge in [0.05, 0.1) is 23.0 Å². The number of aromatic nitrogens is 1. The number of para-hydroxylation sites is 1. The zero-order valence-electron chi connectivity index (χ0n) is 15.5. The van der Waals surface area contributed by atoms with Gasteiger partial charge >= 0.3 is 0 Å². The third-order valence-corrected chi connectivity index (χ3v) is 4.49. The van der Waals surface area contributed by atoms with E-state index in [1.54, 1.807) is 6.21 Å². The summed E-state index contributed by atoms with van der Waals surface area (Å²) in [5.41, 5.74) is 7.78. The van der Waals surface area contributed by atoms with Gasteiger partial charge in [-0.15, -0.1) is 0 Å². The van der Waals surface area contributed by atoms with Gasteiger partial charge in [0.1, 0.15) is 0 Å². The summed E-state index contributed by atoms with van der Waals surface area (Å²) in [4.78, 5) is 17.5. The standard InChI is InChI=1S/C24H19N3O/c1-17-11-13-18(14-12-17)16-25-27-24(28)21-15-23(19-7-3-2-4-8-19)26-22-10-6-5-9-20(21)22/h2-16H,1H3,(H,27,28)/b25-16+. The lowest BCUT2D eigenvalue weighted by Gasteiger charge is -2.09. The molecule has 0 aliphatic rings. The van der Waals surface area contributed by atoms with Crippen molar-refractivity contribution in [3.8, 4) is 11.3 Å². The average Bonchev–Trinajstić information content (AvgIpc) is 2.75. The highest BCUT2D eigenvalue weighted by Crippen LogP contribution is 2.24. The van der Waals surface area contributed by atoms with Crippen molar-refractivity contribution in [1.82, 2.24) is 10.4 Å². The molecule has 136 valence electrons. The Kier molecular flexibility index (Phi) is 4.93. The van der Waals surface area contributed by atoms with Crippen LogP contribution in [0, 0.1) is 6.92 Å². The van der Waals surface area contributed by atoms with Crippen LogP contribution < -0.4 is 5.43 Å². The zero-order chi connectivity index (χ0) is 19.3. The molecule has 28 heavy (non-hydrogen) atoms. The maximum atomic E-state index is 12.8. The van der Waals surface area contributed by atoms with Crippen LogP contribution in [0.25, 0.3) is 22.2 Å². The summed E-state index contributed by atoms with van der Waals surface area (Å²) in [5, 5.41) is 4.91. The number of benzene rings is 3. The molecule has 4 nitrogen and oxygen atoms in total. The lowest BCUT2D eigenvalue weighted by Crippen LogP contribution is -2.18. The molecule has 1 N–H and O–H groups in total. The van der Waals surface area contributed by atoms with Gasteiger partial charge in [0.2, 0.25) is 0 Å². The Balaban J connectivity index is 1.66. The van der Waals surface area contributed by atoms with Crippen molar-refractivity contribution >= 4 is 23.0 Å². The quantitative estimate of drug-likeness (QED) is 0.410. The van der Waals surface area contributed by atoms with Crippen LogP contribution in [0.5, 0.6) is 0 Å². The average molecular weight is 365 g/mol. The van der Waals surface area contributed by atoms with Crippen molar-refractivity contribution in [2.24, 2.45) is 5.10 Å². The molecule has 3 aromatic carbocycles. The largest absolute Gasteiger partial charge is 0.272 e. The normalized spacial score (nSPS) is 11.0. The molecule has 0 spiro atoms. The lowest BCUT2D eigenvalue weighted by molar-refractivity contribution is 0.0956. The Morgan fingerprint density at radius 2 is 1.64 bits per heavy atom. The second-order valence-corrected chi connectivity index (χ2v) is 6.55. The number of fused-ring (bicyclic) bond motifs is 1. The van der Waals surface area contributed by atoms with E-state index in [4.69, 9.17) is 4.98 Å². The van der Waals surface area contributed by atoms with Crippen LogP contribution in [0.1, 0.15) is 21.5 Å². The Morgan fingerprint density at radius 1 is 0.929 bits per heavy atom. The fourth-order valence-electron chi connectivity index (χ4n) is 3.00. The summed E-state index contributed by atoms with van der Waals surface area (Å²) >= 11 is 0. The van der Waals surface area contributed by atoms with E-state index in [2.05, 4.69) is 10.5 Å². The van der Waals surface area contributed by atoms with E-state index in [0.29, 0.717) is 5.56 Å². The first-order valence-electron chi connectivity index (χ1n) is 9.06. The number of carbonyl (C=O) groups excluding carboxylic acids is 1. The molecule has 0 saturated carbocycles. The minimum absolute atomic E-state index is 0.265. The van der Waals surface area contributed by atoms with Crippen LogP contribution in [-0.4, -0.2) is 17.1 Å². The van der Waals surface area contributed by atoms with Gasteiger partial charge in [0.15, 0.2) is 0 Å². The summed E-state index contributed by atoms with van der Waals surface area (Å²) in [6, 6.07) is 27.2. The number of hydrogen-bond donors (Lipinski definition) is 1. The van der Waals surface area contributed by atoms with E-state index in [9.17, 15) is 4.79 Å². The number of nitrogens with zero attached hydrogens (tertiary/aromatic N) is 2. The molecule has 4 heteroatoms. The first-order valence-corrected chi connectivity index (χ1v) is 9.06. The van der Waals surface area contributed by atoms with Gasteiger partial charge in [-0.25, -0.2) is 10.4 Å². The second-order valence-electron chi connectivity index (χ2n) is 6.55. The Bertz CT molecular complexity index is 1150. The number of amides is 1. The van der Waals surface area contributed by atoms with Gasteiger partial charge in [0, 0.05) is 10.9 Å². The maximum absolute atomic E-state index is 12.8. The monoisotopic (exact) mass is 365 g/mol. The molecule has 0 aliphatic carbocycles. The maximum Gasteiger partial charge on any atom is 0.272 e. The number of carbonyl (C=O) groups is 1. The van der Waals surface area contributed by atoms with E-state index >= 15 is 0 Å². The Morgan fingerprint density at radius 3 is 2.43 bits per heavy atom. The highest BCUT2D eigenvalue weighted by Gasteiger charge is 2.13. The molecule has 4 aromatic rings. The lowest BCUT2D eigenvalue weighted by atomic mass is 10.0. The number of aryl methyl sites for hydroxylation is 1. The number of hydrogen-bond acceptors (Lipinski definition) is 3. The molecular weight excluding hydrogens is 346 g/mol. The van der Waals surface area contributed by atoms with Crippen LogP contribution in [0.4, 0.5) is 0 Å². The molecule has 0 saturated heterocycles. The van der Waals surface area contributed by atoms with Crippen molar-refractivity contribution in [2.45, 2.75) is 6.92 Å². The Hall–Kier alpha value is -3.79. The molecule has 0 aliphatic heterocycles. The highest BCUT2D eigenvalue weighted by atomic mass is 16.2. The van der Waals surface area contributed by atoms with E-state index < -0.39 is 0 Å². The Labute approximate surface area is 163 Å². The van der Waals surface area contributed by atoms with E-state index in [0.717, 1.165) is 27.7 Å². The van der Waals surface area contributed by atoms with Crippen LogP contribution >= 0.6 is 0 Å². The first kappa shape index (κ1) is 17.6. The fraction of sp³-hybridized carbons (Fsp3) is 0.0417. The van der Waals surface area contributed by atoms with Gasteiger partial charge < -0.3 is 0 Å². The number of hydrazone groups is 1. The van der Waals surface area contributed by atoms with Gasteiger partial charge in [0.25, 0.3) is 5.91 Å². The topological polar surface area (TPSA) is 54.4 Å². The van der Waals surface area contributed by atoms with E-state index in [1.165, 1.54) is 5.56 Å². The summed E-state index contributed by atoms with van der Waals surface area (Å²) in [6.45, 7) is 2.03. The molecule has 0 bridgehead atoms. The van der Waals surface area contributed by atoms with Gasteiger partial charge in [-0.05, 0) is 24.6 Å². The molecule has 4 rings (SSSR count). The second kappa shape index (κ2) is 7.84. The van der Waals surface area contributed by atoms with Crippen LogP contribution in [0.3, 0.4) is 0 Å². The predicted molar refractivity (Wildman–Crippen MR) is 113 cm³/mol. The minimum atomic E-state index is -0.265. The van der Waals surface area contributed by atoms with Crippen molar-refractivity contribution in [2.75, 3.05) is 0 Å². The predicted octanol–water partition coefficient (Wildman–Crippen LogP) is 4.97. The number of rotatable bonds is 4. The number of nitrogens with one attached hydrogen (secondary N) is 1. The SMILES string of the molecule is Cc1ccc(/C=N/NC(=O)c2cc(-c3ccccc3)nc3ccccc23)cc1. The molecule has 0 unspecified atom stereocenters. The fourth-order valence-corrected chi connectivity index (χ4v) is 3.00. The zero-order valence-corrected chi connectivity index (χ0v) is 15.5. The van der Waals surface area contributed by atoms with Crippen molar-refractivity contribution in [3.05, 3.63) is 102 Å². The van der Waals surface area contributed by atoms with Crippen molar-refractivity contribution in [1.29, 1.82) is 0 Å². The minimum Gasteiger partial charge on any atom is -0.267 e. The summed E-state index contributed by atoms with van der Waals surface area (Å²) in [7, 11) is 0. The smallest absolute Gasteiger partial charge is 0.267 e. The molecule has 0 radical (unpaired) electrons. The third-order valence-electron chi connectivity index (χ3n) is 4.49. The van der Waals surface area contributed by atoms with Crippen molar-refractivity contribution in [3.63, 3.8) is 0 Å². The van der Waals surface area contributed by atoms with E-state index in [-0.39, 0.29) is 5.91 Å². The van der Waals surface area contributed by atoms with E-state index in [1.807, 2.05) is 91.9 Å². The van der Waals surface area contributed by atoms with Gasteiger partial charge in [-0.1, -0.05) is 78.4 Å². The number of pyridine rings is 1. The molecule has 0 atom stereocenters. The molecular formula is C24H19N3O. The summed E-state index contributed by atoms with van der Waals surface area (Å²) in [5.74, 6) is -0.265. The molecule has 1 amide bonds. The summed E-state index contributed by atoms with van der Waals surface area (Å²) < 4.78 is 0.